The van der Waals surface area contributed by atoms with Crippen molar-refractivity contribution in [1.82, 2.24) is 5.32 Å². The summed E-state index contributed by atoms with van der Waals surface area (Å²) in [7, 11) is 0. The van der Waals surface area contributed by atoms with Gasteiger partial charge < -0.3 is 14.8 Å². The first-order valence-electron chi connectivity index (χ1n) is 5.54. The van der Waals surface area contributed by atoms with Gasteiger partial charge in [-0.2, -0.15) is 0 Å². The van der Waals surface area contributed by atoms with Crippen LogP contribution in [0.15, 0.2) is 18.2 Å². The molecule has 3 nitrogen and oxygen atoms in total. The van der Waals surface area contributed by atoms with E-state index in [0.29, 0.717) is 12.7 Å². The molecule has 2 aliphatic heterocycles. The average molecular weight is 205 g/mol. The molecule has 0 aliphatic carbocycles. The maximum absolute atomic E-state index is 5.54. The van der Waals surface area contributed by atoms with Gasteiger partial charge in [-0.05, 0) is 37.9 Å². The van der Waals surface area contributed by atoms with E-state index in [-0.39, 0.29) is 0 Å². The van der Waals surface area contributed by atoms with Gasteiger partial charge in [0.2, 0.25) is 6.79 Å². The molecule has 2 aliphatic rings. The van der Waals surface area contributed by atoms with Crippen LogP contribution in [0.2, 0.25) is 0 Å². The van der Waals surface area contributed by atoms with Crippen molar-refractivity contribution in [3.8, 4) is 11.5 Å². The molecule has 1 N–H and O–H groups in total. The van der Waals surface area contributed by atoms with Gasteiger partial charge in [0, 0.05) is 5.56 Å². The van der Waals surface area contributed by atoms with E-state index in [2.05, 4.69) is 17.4 Å². The van der Waals surface area contributed by atoms with Crippen molar-refractivity contribution in [1.29, 1.82) is 0 Å². The molecule has 1 saturated heterocycles. The molecule has 0 amide bonds. The van der Waals surface area contributed by atoms with Crippen molar-refractivity contribution >= 4 is 0 Å². The first-order chi connectivity index (χ1) is 7.45. The highest BCUT2D eigenvalue weighted by Crippen LogP contribution is 2.41. The molecule has 0 aromatic heterocycles. The number of hydrogen-bond donors (Lipinski definition) is 1. The Kier molecular flexibility index (Phi) is 2.25. The molecule has 3 rings (SSSR count). The normalized spacial score (nSPS) is 20.5. The number of piperidine rings is 1. The Hall–Kier alpha value is -1.22. The van der Waals surface area contributed by atoms with Gasteiger partial charge >= 0.3 is 0 Å². The standard InChI is InChI=1S/C12H15NO2/c1-2-10(9-4-6-13-7-5-9)12-11(3-1)14-8-15-12/h1-3,9,13H,4-8H2. The zero-order valence-corrected chi connectivity index (χ0v) is 8.66. The average Bonchev–Trinajstić information content (AvgIpc) is 2.78. The van der Waals surface area contributed by atoms with E-state index >= 15 is 0 Å². The fourth-order valence-electron chi connectivity index (χ4n) is 2.41. The van der Waals surface area contributed by atoms with E-state index in [0.717, 1.165) is 24.6 Å². The summed E-state index contributed by atoms with van der Waals surface area (Å²) in [5, 5.41) is 3.38. The Balaban J connectivity index is 1.93. The third-order valence-electron chi connectivity index (χ3n) is 3.21. The third kappa shape index (κ3) is 1.57. The zero-order chi connectivity index (χ0) is 10.1. The molecule has 0 bridgehead atoms. The fraction of sp³-hybridized carbons (Fsp3) is 0.500. The Bertz CT molecular complexity index is 359. The molecule has 0 radical (unpaired) electrons. The molecular weight excluding hydrogens is 190 g/mol. The molecule has 1 aromatic carbocycles. The second-order valence-corrected chi connectivity index (χ2v) is 4.11. The number of ether oxygens (including phenoxy) is 2. The minimum atomic E-state index is 0.372. The van der Waals surface area contributed by atoms with Crippen LogP contribution in [0.25, 0.3) is 0 Å². The number of benzene rings is 1. The van der Waals surface area contributed by atoms with Crippen molar-refractivity contribution in [2.75, 3.05) is 19.9 Å². The molecule has 0 saturated carbocycles. The third-order valence-corrected chi connectivity index (χ3v) is 3.21. The van der Waals surface area contributed by atoms with Gasteiger partial charge in [0.25, 0.3) is 0 Å². The van der Waals surface area contributed by atoms with E-state index in [1.165, 1.54) is 18.4 Å². The molecule has 15 heavy (non-hydrogen) atoms. The lowest BCUT2D eigenvalue weighted by atomic mass is 9.89. The molecule has 80 valence electrons. The van der Waals surface area contributed by atoms with Crippen LogP contribution in [0.4, 0.5) is 0 Å². The highest BCUT2D eigenvalue weighted by Gasteiger charge is 2.24. The van der Waals surface area contributed by atoms with Gasteiger partial charge in [-0.3, -0.25) is 0 Å². The van der Waals surface area contributed by atoms with Crippen LogP contribution in [0.5, 0.6) is 11.5 Å². The highest BCUT2D eigenvalue weighted by atomic mass is 16.7. The second-order valence-electron chi connectivity index (χ2n) is 4.11. The van der Waals surface area contributed by atoms with Crippen LogP contribution < -0.4 is 14.8 Å². The van der Waals surface area contributed by atoms with Crippen LogP contribution in [0.3, 0.4) is 0 Å². The van der Waals surface area contributed by atoms with Crippen molar-refractivity contribution in [2.24, 2.45) is 0 Å². The molecule has 3 heteroatoms. The minimum Gasteiger partial charge on any atom is -0.454 e. The van der Waals surface area contributed by atoms with Crippen LogP contribution in [-0.4, -0.2) is 19.9 Å². The summed E-state index contributed by atoms with van der Waals surface area (Å²) in [4.78, 5) is 0. The number of fused-ring (bicyclic) bond motifs is 1. The smallest absolute Gasteiger partial charge is 0.231 e. The topological polar surface area (TPSA) is 30.5 Å². The molecule has 1 fully saturated rings. The molecular formula is C12H15NO2. The minimum absolute atomic E-state index is 0.372. The first kappa shape index (κ1) is 9.04. The molecule has 0 spiro atoms. The summed E-state index contributed by atoms with van der Waals surface area (Å²) < 4.78 is 10.9. The summed E-state index contributed by atoms with van der Waals surface area (Å²) >= 11 is 0. The molecule has 0 unspecified atom stereocenters. The maximum atomic E-state index is 5.54. The molecule has 1 aromatic rings. The number of rotatable bonds is 1. The Morgan fingerprint density at radius 1 is 1.13 bits per heavy atom. The van der Waals surface area contributed by atoms with Gasteiger partial charge in [-0.25, -0.2) is 0 Å². The zero-order valence-electron chi connectivity index (χ0n) is 8.66. The monoisotopic (exact) mass is 205 g/mol. The highest BCUT2D eigenvalue weighted by molar-refractivity contribution is 5.49. The van der Waals surface area contributed by atoms with E-state index in [1.807, 2.05) is 6.07 Å². The summed E-state index contributed by atoms with van der Waals surface area (Å²) in [6.45, 7) is 2.59. The van der Waals surface area contributed by atoms with E-state index in [1.54, 1.807) is 0 Å². The number of para-hydroxylation sites is 1. The van der Waals surface area contributed by atoms with Crippen molar-refractivity contribution in [3.63, 3.8) is 0 Å². The summed E-state index contributed by atoms with van der Waals surface area (Å²) in [6, 6.07) is 6.21. The summed E-state index contributed by atoms with van der Waals surface area (Å²) in [5.41, 5.74) is 1.33. The predicted octanol–water partition coefficient (Wildman–Crippen LogP) is 1.88. The summed E-state index contributed by atoms with van der Waals surface area (Å²) in [6.07, 6.45) is 2.39. The lowest BCUT2D eigenvalue weighted by Crippen LogP contribution is -2.26. The molecule has 0 atom stereocenters. The first-order valence-corrected chi connectivity index (χ1v) is 5.54. The van der Waals surface area contributed by atoms with Crippen LogP contribution in [0.1, 0.15) is 24.3 Å². The SMILES string of the molecule is c1cc2c(c(C3CCNCC3)c1)OCO2. The Morgan fingerprint density at radius 3 is 2.87 bits per heavy atom. The van der Waals surface area contributed by atoms with Gasteiger partial charge in [-0.1, -0.05) is 12.1 Å². The lowest BCUT2D eigenvalue weighted by molar-refractivity contribution is 0.172. The number of hydrogen-bond acceptors (Lipinski definition) is 3. The maximum Gasteiger partial charge on any atom is 0.231 e. The van der Waals surface area contributed by atoms with Gasteiger partial charge in [0.15, 0.2) is 11.5 Å². The van der Waals surface area contributed by atoms with E-state index in [4.69, 9.17) is 9.47 Å². The van der Waals surface area contributed by atoms with Crippen LogP contribution >= 0.6 is 0 Å². The van der Waals surface area contributed by atoms with Gasteiger partial charge in [0.1, 0.15) is 0 Å². The van der Waals surface area contributed by atoms with E-state index in [9.17, 15) is 0 Å². The number of nitrogens with one attached hydrogen (secondary N) is 1. The quantitative estimate of drug-likeness (QED) is 0.759. The van der Waals surface area contributed by atoms with E-state index < -0.39 is 0 Å². The van der Waals surface area contributed by atoms with Crippen molar-refractivity contribution in [2.45, 2.75) is 18.8 Å². The Labute approximate surface area is 89.4 Å². The van der Waals surface area contributed by atoms with Crippen LogP contribution in [-0.2, 0) is 0 Å². The van der Waals surface area contributed by atoms with Gasteiger partial charge in [0.05, 0.1) is 0 Å². The predicted molar refractivity (Wildman–Crippen MR) is 57.4 cm³/mol. The molecule has 2 heterocycles. The van der Waals surface area contributed by atoms with Crippen molar-refractivity contribution < 1.29 is 9.47 Å². The Morgan fingerprint density at radius 2 is 2.00 bits per heavy atom. The summed E-state index contributed by atoms with van der Waals surface area (Å²) in [5.74, 6) is 2.51. The second kappa shape index (κ2) is 3.74. The van der Waals surface area contributed by atoms with Crippen molar-refractivity contribution in [3.05, 3.63) is 23.8 Å². The fourth-order valence-corrected chi connectivity index (χ4v) is 2.41. The lowest BCUT2D eigenvalue weighted by Gasteiger charge is -2.23. The van der Waals surface area contributed by atoms with Gasteiger partial charge in [-0.15, -0.1) is 0 Å². The van der Waals surface area contributed by atoms with Crippen LogP contribution in [0, 0.1) is 0 Å². The largest absolute Gasteiger partial charge is 0.454 e.